The van der Waals surface area contributed by atoms with E-state index in [0.29, 0.717) is 21.8 Å². The van der Waals surface area contributed by atoms with Gasteiger partial charge in [0.25, 0.3) is 0 Å². The molecule has 0 bridgehead atoms. The molecular formula is C22H18N2O4S. The average molecular weight is 406 g/mol. The largest absolute Gasteiger partial charge is 0.453 e. The third-order valence-corrected chi connectivity index (χ3v) is 5.74. The van der Waals surface area contributed by atoms with Gasteiger partial charge in [0.15, 0.2) is 12.4 Å². The zero-order valence-electron chi connectivity index (χ0n) is 15.9. The number of aromatic nitrogens is 1. The molecule has 2 aromatic carbocycles. The summed E-state index contributed by atoms with van der Waals surface area (Å²) in [6, 6.07) is 14.4. The molecule has 0 radical (unpaired) electrons. The van der Waals surface area contributed by atoms with Crippen molar-refractivity contribution in [3.63, 3.8) is 0 Å². The summed E-state index contributed by atoms with van der Waals surface area (Å²) >= 11 is 1.24. The number of nitrogens with one attached hydrogen (secondary N) is 1. The number of carbonyl (C=O) groups is 3. The molecule has 0 saturated carbocycles. The maximum absolute atomic E-state index is 12.6. The number of amides is 1. The number of fused-ring (bicyclic) bond motifs is 1. The Morgan fingerprint density at radius 3 is 2.69 bits per heavy atom. The van der Waals surface area contributed by atoms with Gasteiger partial charge in [-0.05, 0) is 37.6 Å². The van der Waals surface area contributed by atoms with E-state index in [1.54, 1.807) is 25.1 Å². The number of Topliss-reactive ketones (excluding diaryl/α,β-unsaturated/α-hetero) is 1. The van der Waals surface area contributed by atoms with Crippen LogP contribution < -0.4 is 5.32 Å². The summed E-state index contributed by atoms with van der Waals surface area (Å²) in [7, 11) is 0. The molecule has 0 unspecified atom stereocenters. The number of hydrogen-bond acceptors (Lipinski definition) is 6. The molecule has 6 nitrogen and oxygen atoms in total. The molecule has 1 aliphatic rings. The topological polar surface area (TPSA) is 85.4 Å². The Kier molecular flexibility index (Phi) is 4.98. The molecule has 4 rings (SSSR count). The molecule has 0 fully saturated rings. The smallest absolute Gasteiger partial charge is 0.351 e. The minimum Gasteiger partial charge on any atom is -0.453 e. The summed E-state index contributed by atoms with van der Waals surface area (Å²) in [5.74, 6) is -1.30. The first-order chi connectivity index (χ1) is 13.9. The van der Waals surface area contributed by atoms with E-state index in [0.717, 1.165) is 16.1 Å². The van der Waals surface area contributed by atoms with Gasteiger partial charge in [-0.2, -0.15) is 0 Å². The summed E-state index contributed by atoms with van der Waals surface area (Å²) < 4.78 is 5.29. The minimum absolute atomic E-state index is 0.0926. The van der Waals surface area contributed by atoms with Crippen LogP contribution in [0.25, 0.3) is 11.3 Å². The molecule has 1 aliphatic heterocycles. The SMILES string of the molecule is Cc1nc(-c2ccccc2)c(C(=O)OCC(=O)c2ccc3c(c2)[C@@H](C)C(=O)N3)s1. The first-order valence-electron chi connectivity index (χ1n) is 9.12. The Balaban J connectivity index is 1.49. The van der Waals surface area contributed by atoms with Crippen molar-refractivity contribution in [1.82, 2.24) is 4.98 Å². The third-order valence-electron chi connectivity index (χ3n) is 4.79. The molecule has 0 spiro atoms. The van der Waals surface area contributed by atoms with E-state index < -0.39 is 5.97 Å². The molecule has 1 amide bonds. The molecule has 1 N–H and O–H groups in total. The molecule has 7 heteroatoms. The van der Waals surface area contributed by atoms with Crippen molar-refractivity contribution in [3.8, 4) is 11.3 Å². The summed E-state index contributed by atoms with van der Waals surface area (Å²) in [6.07, 6.45) is 0. The van der Waals surface area contributed by atoms with Gasteiger partial charge in [0, 0.05) is 16.8 Å². The van der Waals surface area contributed by atoms with Crippen LogP contribution in [0.2, 0.25) is 0 Å². The van der Waals surface area contributed by atoms with Crippen molar-refractivity contribution < 1.29 is 19.1 Å². The number of esters is 1. The van der Waals surface area contributed by atoms with E-state index in [2.05, 4.69) is 10.3 Å². The Labute approximate surface area is 171 Å². The van der Waals surface area contributed by atoms with Crippen molar-refractivity contribution in [2.24, 2.45) is 0 Å². The molecule has 3 aromatic rings. The lowest BCUT2D eigenvalue weighted by Gasteiger charge is -2.07. The highest BCUT2D eigenvalue weighted by Crippen LogP contribution is 2.33. The van der Waals surface area contributed by atoms with Gasteiger partial charge in [-0.15, -0.1) is 11.3 Å². The number of thiazole rings is 1. The zero-order valence-corrected chi connectivity index (χ0v) is 16.7. The van der Waals surface area contributed by atoms with E-state index >= 15 is 0 Å². The van der Waals surface area contributed by atoms with Gasteiger partial charge in [0.1, 0.15) is 4.88 Å². The molecule has 1 aromatic heterocycles. The number of carbonyl (C=O) groups excluding carboxylic acids is 3. The van der Waals surface area contributed by atoms with Gasteiger partial charge in [-0.25, -0.2) is 9.78 Å². The highest BCUT2D eigenvalue weighted by molar-refractivity contribution is 7.14. The second-order valence-corrected chi connectivity index (χ2v) is 7.99. The molecular weight excluding hydrogens is 388 g/mol. The number of hydrogen-bond donors (Lipinski definition) is 1. The zero-order chi connectivity index (χ0) is 20.5. The van der Waals surface area contributed by atoms with Gasteiger partial charge < -0.3 is 10.1 Å². The van der Waals surface area contributed by atoms with Gasteiger partial charge in [-0.1, -0.05) is 30.3 Å². The fraction of sp³-hybridized carbons (Fsp3) is 0.182. The standard InChI is InChI=1S/C22H18N2O4S/c1-12-16-10-15(8-9-17(16)24-21(12)26)18(25)11-28-22(27)20-19(23-13(2)29-20)14-6-4-3-5-7-14/h3-10,12H,11H2,1-2H3,(H,24,26)/t12-/m1/s1. The van der Waals surface area contributed by atoms with Gasteiger partial charge in [0.2, 0.25) is 5.91 Å². The minimum atomic E-state index is -0.575. The first kappa shape index (κ1) is 19.0. The number of aryl methyl sites for hydroxylation is 1. The van der Waals surface area contributed by atoms with Crippen LogP contribution in [0.5, 0.6) is 0 Å². The first-order valence-corrected chi connectivity index (χ1v) is 9.93. The second kappa shape index (κ2) is 7.60. The number of benzene rings is 2. The Hall–Kier alpha value is -3.32. The summed E-state index contributed by atoms with van der Waals surface area (Å²) in [5, 5.41) is 3.51. The van der Waals surface area contributed by atoms with E-state index in [4.69, 9.17) is 4.74 Å². The number of ketones is 1. The van der Waals surface area contributed by atoms with Crippen molar-refractivity contribution in [1.29, 1.82) is 0 Å². The van der Waals surface area contributed by atoms with Crippen LogP contribution in [0.3, 0.4) is 0 Å². The van der Waals surface area contributed by atoms with Crippen LogP contribution in [0, 0.1) is 6.92 Å². The predicted molar refractivity (Wildman–Crippen MR) is 110 cm³/mol. The normalized spacial score (nSPS) is 15.0. The maximum atomic E-state index is 12.6. The number of ether oxygens (including phenoxy) is 1. The third kappa shape index (κ3) is 3.69. The van der Waals surface area contributed by atoms with Crippen molar-refractivity contribution in [3.05, 3.63) is 69.5 Å². The number of rotatable bonds is 5. The Morgan fingerprint density at radius 1 is 1.17 bits per heavy atom. The van der Waals surface area contributed by atoms with Crippen LogP contribution in [-0.4, -0.2) is 29.3 Å². The average Bonchev–Trinajstić information content (AvgIpc) is 3.26. The lowest BCUT2D eigenvalue weighted by Crippen LogP contribution is -2.14. The Morgan fingerprint density at radius 2 is 1.93 bits per heavy atom. The number of anilines is 1. The quantitative estimate of drug-likeness (QED) is 0.507. The maximum Gasteiger partial charge on any atom is 0.351 e. The lowest BCUT2D eigenvalue weighted by molar-refractivity contribution is -0.116. The van der Waals surface area contributed by atoms with E-state index in [-0.39, 0.29) is 24.2 Å². The molecule has 0 aliphatic carbocycles. The van der Waals surface area contributed by atoms with Crippen molar-refractivity contribution in [2.75, 3.05) is 11.9 Å². The highest BCUT2D eigenvalue weighted by Gasteiger charge is 2.27. The molecule has 0 saturated heterocycles. The lowest BCUT2D eigenvalue weighted by atomic mass is 9.99. The van der Waals surface area contributed by atoms with Gasteiger partial charge >= 0.3 is 5.97 Å². The summed E-state index contributed by atoms with van der Waals surface area (Å²) in [5.41, 5.74) is 3.27. The van der Waals surface area contributed by atoms with Crippen LogP contribution in [-0.2, 0) is 9.53 Å². The fourth-order valence-electron chi connectivity index (χ4n) is 3.23. The van der Waals surface area contributed by atoms with Crippen molar-refractivity contribution >= 4 is 34.7 Å². The number of nitrogens with zero attached hydrogens (tertiary/aromatic N) is 1. The summed E-state index contributed by atoms with van der Waals surface area (Å²) in [6.45, 7) is 3.23. The van der Waals surface area contributed by atoms with Crippen LogP contribution in [0.15, 0.2) is 48.5 Å². The molecule has 29 heavy (non-hydrogen) atoms. The second-order valence-electron chi connectivity index (χ2n) is 6.79. The van der Waals surface area contributed by atoms with Crippen LogP contribution in [0.1, 0.15) is 43.4 Å². The molecule has 146 valence electrons. The highest BCUT2D eigenvalue weighted by atomic mass is 32.1. The van der Waals surface area contributed by atoms with Gasteiger partial charge in [-0.3, -0.25) is 9.59 Å². The molecule has 2 heterocycles. The predicted octanol–water partition coefficient (Wildman–Crippen LogP) is 4.21. The fourth-order valence-corrected chi connectivity index (χ4v) is 4.06. The Bertz CT molecular complexity index is 1120. The molecule has 1 atom stereocenters. The van der Waals surface area contributed by atoms with E-state index in [1.807, 2.05) is 37.3 Å². The van der Waals surface area contributed by atoms with Crippen LogP contribution >= 0.6 is 11.3 Å². The van der Waals surface area contributed by atoms with Crippen LogP contribution in [0.4, 0.5) is 5.69 Å². The van der Waals surface area contributed by atoms with E-state index in [9.17, 15) is 14.4 Å². The monoisotopic (exact) mass is 406 g/mol. The summed E-state index contributed by atoms with van der Waals surface area (Å²) in [4.78, 5) is 41.7. The van der Waals surface area contributed by atoms with E-state index in [1.165, 1.54) is 11.3 Å². The van der Waals surface area contributed by atoms with Crippen molar-refractivity contribution in [2.45, 2.75) is 19.8 Å². The van der Waals surface area contributed by atoms with Gasteiger partial charge in [0.05, 0.1) is 16.6 Å².